The van der Waals surface area contributed by atoms with Crippen molar-refractivity contribution in [2.75, 3.05) is 11.9 Å². The molecule has 0 aliphatic heterocycles. The number of aromatic nitrogens is 1. The molecule has 2 heterocycles. The van der Waals surface area contributed by atoms with Crippen LogP contribution >= 0.6 is 11.3 Å². The van der Waals surface area contributed by atoms with Gasteiger partial charge in [0.15, 0.2) is 10.9 Å². The minimum absolute atomic E-state index is 0.220. The molecule has 1 aliphatic carbocycles. The second-order valence-electron chi connectivity index (χ2n) is 4.94. The van der Waals surface area contributed by atoms with Gasteiger partial charge in [0.05, 0.1) is 18.6 Å². The summed E-state index contributed by atoms with van der Waals surface area (Å²) in [5.41, 5.74) is 0.698. The molecule has 2 aromatic rings. The highest BCUT2D eigenvalue weighted by atomic mass is 32.1. The molecular weight excluding hydrogens is 320 g/mol. The Morgan fingerprint density at radius 1 is 1.52 bits per heavy atom. The van der Waals surface area contributed by atoms with Gasteiger partial charge in [-0.05, 0) is 38.3 Å². The molecule has 0 bridgehead atoms. The zero-order valence-electron chi connectivity index (χ0n) is 12.5. The smallest absolute Gasteiger partial charge is 0.459 e. The van der Waals surface area contributed by atoms with Crippen molar-refractivity contribution in [3.8, 4) is 0 Å². The summed E-state index contributed by atoms with van der Waals surface area (Å²) in [6.07, 6.45) is 2.76. The van der Waals surface area contributed by atoms with Gasteiger partial charge in [-0.3, -0.25) is 10.1 Å². The second-order valence-corrected chi connectivity index (χ2v) is 6.02. The lowest BCUT2D eigenvalue weighted by Crippen LogP contribution is -2.17. The van der Waals surface area contributed by atoms with Crippen molar-refractivity contribution in [3.63, 3.8) is 0 Å². The highest BCUT2D eigenvalue weighted by molar-refractivity contribution is 7.15. The van der Waals surface area contributed by atoms with E-state index in [1.165, 1.54) is 17.6 Å². The summed E-state index contributed by atoms with van der Waals surface area (Å²) in [5.74, 6) is -0.138. The van der Waals surface area contributed by atoms with Gasteiger partial charge in [0.1, 0.15) is 6.10 Å². The second kappa shape index (κ2) is 6.82. The van der Waals surface area contributed by atoms with Crippen LogP contribution in [0.5, 0.6) is 0 Å². The van der Waals surface area contributed by atoms with Crippen molar-refractivity contribution < 1.29 is 23.5 Å². The number of thiazole rings is 1. The first-order valence-electron chi connectivity index (χ1n) is 7.35. The summed E-state index contributed by atoms with van der Waals surface area (Å²) in [6.45, 7) is 1.98. The van der Waals surface area contributed by atoms with Gasteiger partial charge in [0.25, 0.3) is 5.91 Å². The molecule has 23 heavy (non-hydrogen) atoms. The Morgan fingerprint density at radius 3 is 3.13 bits per heavy atom. The van der Waals surface area contributed by atoms with Crippen molar-refractivity contribution in [3.05, 3.63) is 34.7 Å². The van der Waals surface area contributed by atoms with Crippen molar-refractivity contribution in [2.45, 2.75) is 32.3 Å². The first-order valence-corrected chi connectivity index (χ1v) is 8.17. The summed E-state index contributed by atoms with van der Waals surface area (Å²) < 4.78 is 15.2. The van der Waals surface area contributed by atoms with Crippen LogP contribution in [-0.2, 0) is 15.9 Å². The van der Waals surface area contributed by atoms with Crippen LogP contribution in [0.1, 0.15) is 47.0 Å². The maximum absolute atomic E-state index is 12.0. The predicted molar refractivity (Wildman–Crippen MR) is 82.6 cm³/mol. The van der Waals surface area contributed by atoms with E-state index in [2.05, 4.69) is 10.3 Å². The fraction of sp³-hybridized carbons (Fsp3) is 0.400. The van der Waals surface area contributed by atoms with Crippen molar-refractivity contribution in [1.82, 2.24) is 4.98 Å². The van der Waals surface area contributed by atoms with Gasteiger partial charge in [-0.25, -0.2) is 9.78 Å². The topological polar surface area (TPSA) is 90.7 Å². The third kappa shape index (κ3) is 3.53. The number of carbonyl (C=O) groups is 2. The number of aryl methyl sites for hydroxylation is 1. The molecule has 0 saturated carbocycles. The Morgan fingerprint density at radius 2 is 2.39 bits per heavy atom. The lowest BCUT2D eigenvalue weighted by molar-refractivity contribution is 0.0186. The fourth-order valence-corrected chi connectivity index (χ4v) is 3.43. The Balaban J connectivity index is 1.72. The van der Waals surface area contributed by atoms with Crippen LogP contribution in [0.15, 0.2) is 22.8 Å². The largest absolute Gasteiger partial charge is 0.508 e. The number of nitrogens with one attached hydrogen (secondary N) is 1. The number of rotatable bonds is 4. The van der Waals surface area contributed by atoms with E-state index in [1.807, 2.05) is 0 Å². The average molecular weight is 336 g/mol. The van der Waals surface area contributed by atoms with Crippen LogP contribution in [0.25, 0.3) is 0 Å². The summed E-state index contributed by atoms with van der Waals surface area (Å²) in [6, 6.07) is 3.22. The zero-order chi connectivity index (χ0) is 16.2. The summed E-state index contributed by atoms with van der Waals surface area (Å²) in [5, 5.41) is 3.17. The van der Waals surface area contributed by atoms with Gasteiger partial charge in [-0.15, -0.1) is 11.3 Å². The van der Waals surface area contributed by atoms with Gasteiger partial charge in [0.2, 0.25) is 0 Å². The third-order valence-electron chi connectivity index (χ3n) is 3.37. The van der Waals surface area contributed by atoms with Gasteiger partial charge >= 0.3 is 6.16 Å². The molecule has 8 heteroatoms. The maximum atomic E-state index is 12.0. The number of anilines is 1. The molecule has 0 spiro atoms. The molecule has 1 atom stereocenters. The molecule has 2 aromatic heterocycles. The lowest BCUT2D eigenvalue weighted by Gasteiger charge is -2.20. The van der Waals surface area contributed by atoms with E-state index in [0.29, 0.717) is 17.2 Å². The normalized spacial score (nSPS) is 16.5. The summed E-state index contributed by atoms with van der Waals surface area (Å²) in [4.78, 5) is 28.9. The van der Waals surface area contributed by atoms with Crippen LogP contribution in [0, 0.1) is 0 Å². The number of carbonyl (C=O) groups excluding carboxylic acids is 2. The zero-order valence-corrected chi connectivity index (χ0v) is 13.4. The quantitative estimate of drug-likeness (QED) is 0.859. The maximum Gasteiger partial charge on any atom is 0.508 e. The van der Waals surface area contributed by atoms with Gasteiger partial charge in [-0.1, -0.05) is 0 Å². The van der Waals surface area contributed by atoms with Crippen molar-refractivity contribution >= 4 is 28.5 Å². The standard InChI is InChI=1S/C15H16N2O5S/c1-2-20-15(19)22-9-5-3-7-11-12(9)16-14(23-11)17-13(18)10-6-4-8-21-10/h4,6,8-9H,2-3,5,7H2,1H3,(H,16,17,18). The van der Waals surface area contributed by atoms with Crippen LogP contribution in [0.4, 0.5) is 9.93 Å². The highest BCUT2D eigenvalue weighted by Gasteiger charge is 2.29. The van der Waals surface area contributed by atoms with E-state index >= 15 is 0 Å². The van der Waals surface area contributed by atoms with Crippen LogP contribution < -0.4 is 5.32 Å². The van der Waals surface area contributed by atoms with E-state index in [-0.39, 0.29) is 18.3 Å². The van der Waals surface area contributed by atoms with E-state index in [4.69, 9.17) is 13.9 Å². The van der Waals surface area contributed by atoms with Gasteiger partial charge in [0, 0.05) is 4.88 Å². The molecule has 1 amide bonds. The van der Waals surface area contributed by atoms with Gasteiger partial charge in [-0.2, -0.15) is 0 Å². The third-order valence-corrected chi connectivity index (χ3v) is 4.42. The number of nitrogens with zero attached hydrogens (tertiary/aromatic N) is 1. The van der Waals surface area contributed by atoms with Crippen LogP contribution in [0.3, 0.4) is 0 Å². The first kappa shape index (κ1) is 15.5. The molecule has 0 aromatic carbocycles. The van der Waals surface area contributed by atoms with E-state index < -0.39 is 12.3 Å². The lowest BCUT2D eigenvalue weighted by atomic mass is 10.0. The SMILES string of the molecule is CCOC(=O)OC1CCCc2sc(NC(=O)c3ccco3)nc21. The molecule has 7 nitrogen and oxygen atoms in total. The molecule has 1 N–H and O–H groups in total. The van der Waals surface area contributed by atoms with Crippen LogP contribution in [0.2, 0.25) is 0 Å². The monoisotopic (exact) mass is 336 g/mol. The average Bonchev–Trinajstić information content (AvgIpc) is 3.16. The molecule has 1 aliphatic rings. The van der Waals surface area contributed by atoms with E-state index in [9.17, 15) is 9.59 Å². The first-order chi connectivity index (χ1) is 11.2. The van der Waals surface area contributed by atoms with E-state index in [0.717, 1.165) is 17.7 Å². The number of hydrogen-bond donors (Lipinski definition) is 1. The summed E-state index contributed by atoms with van der Waals surface area (Å²) >= 11 is 1.39. The Bertz CT molecular complexity index is 695. The minimum atomic E-state index is -0.695. The number of ether oxygens (including phenoxy) is 2. The number of amides is 1. The number of hydrogen-bond acceptors (Lipinski definition) is 7. The van der Waals surface area contributed by atoms with Gasteiger partial charge < -0.3 is 13.9 Å². The van der Waals surface area contributed by atoms with Crippen LogP contribution in [-0.4, -0.2) is 23.7 Å². The predicted octanol–water partition coefficient (Wildman–Crippen LogP) is 3.54. The molecule has 122 valence electrons. The number of furan rings is 1. The van der Waals surface area contributed by atoms with Crippen molar-refractivity contribution in [1.29, 1.82) is 0 Å². The Labute approximate surface area is 136 Å². The van der Waals surface area contributed by atoms with Crippen molar-refractivity contribution in [2.24, 2.45) is 0 Å². The fourth-order valence-electron chi connectivity index (χ4n) is 2.38. The molecular formula is C15H16N2O5S. The molecule has 0 saturated heterocycles. The summed E-state index contributed by atoms with van der Waals surface area (Å²) in [7, 11) is 0. The molecule has 1 unspecified atom stereocenters. The Hall–Kier alpha value is -2.35. The molecule has 0 fully saturated rings. The highest BCUT2D eigenvalue weighted by Crippen LogP contribution is 2.37. The Kier molecular flexibility index (Phi) is 4.61. The van der Waals surface area contributed by atoms with E-state index in [1.54, 1.807) is 19.1 Å². The minimum Gasteiger partial charge on any atom is -0.459 e. The molecule has 3 rings (SSSR count). The number of fused-ring (bicyclic) bond motifs is 1. The molecule has 0 radical (unpaired) electrons.